The van der Waals surface area contributed by atoms with Gasteiger partial charge in [-0.05, 0) is 30.2 Å². The number of rotatable bonds is 5. The summed E-state index contributed by atoms with van der Waals surface area (Å²) in [6.45, 7) is 2.71. The molecule has 3 heterocycles. The standard InChI is InChI=1S/C21H21N5O/c1-2-16-12-19(26-21(24-16)14-7-9-22-10-8-14)23-13-15-11-20(27)25-18-6-4-3-5-17(15)18/h3-10,12,15H,2,11,13H2,1H3,(H,25,27)(H,23,24,26)/t15-/m1/s1. The van der Waals surface area contributed by atoms with Crippen molar-refractivity contribution in [3.8, 4) is 11.4 Å². The van der Waals surface area contributed by atoms with E-state index in [1.165, 1.54) is 0 Å². The fraction of sp³-hybridized carbons (Fsp3) is 0.238. The number of benzene rings is 1. The van der Waals surface area contributed by atoms with E-state index < -0.39 is 0 Å². The maximum atomic E-state index is 12.0. The highest BCUT2D eigenvalue weighted by atomic mass is 16.1. The lowest BCUT2D eigenvalue weighted by molar-refractivity contribution is -0.116. The Morgan fingerprint density at radius 2 is 1.96 bits per heavy atom. The number of carbonyl (C=O) groups excluding carboxylic acids is 1. The van der Waals surface area contributed by atoms with E-state index in [-0.39, 0.29) is 11.8 Å². The van der Waals surface area contributed by atoms with Gasteiger partial charge in [-0.3, -0.25) is 9.78 Å². The van der Waals surface area contributed by atoms with Gasteiger partial charge >= 0.3 is 0 Å². The van der Waals surface area contributed by atoms with Crippen molar-refractivity contribution in [2.75, 3.05) is 17.2 Å². The highest BCUT2D eigenvalue weighted by molar-refractivity contribution is 5.94. The number of fused-ring (bicyclic) bond motifs is 1. The van der Waals surface area contributed by atoms with Crippen LogP contribution in [0, 0.1) is 0 Å². The Morgan fingerprint density at radius 3 is 2.78 bits per heavy atom. The predicted octanol–water partition coefficient (Wildman–Crippen LogP) is 3.64. The van der Waals surface area contributed by atoms with Crippen LogP contribution in [0.15, 0.2) is 54.9 Å². The van der Waals surface area contributed by atoms with E-state index in [1.54, 1.807) is 12.4 Å². The molecule has 1 amide bonds. The molecule has 0 saturated heterocycles. The van der Waals surface area contributed by atoms with Gasteiger partial charge in [-0.1, -0.05) is 25.1 Å². The van der Waals surface area contributed by atoms with Crippen LogP contribution in [0.1, 0.15) is 30.5 Å². The molecule has 0 bridgehead atoms. The molecular weight excluding hydrogens is 338 g/mol. The largest absolute Gasteiger partial charge is 0.369 e. The van der Waals surface area contributed by atoms with Crippen LogP contribution in [-0.2, 0) is 11.2 Å². The van der Waals surface area contributed by atoms with Gasteiger partial charge in [0.1, 0.15) is 5.82 Å². The Kier molecular flexibility index (Phi) is 4.78. The van der Waals surface area contributed by atoms with E-state index in [0.29, 0.717) is 18.8 Å². The summed E-state index contributed by atoms with van der Waals surface area (Å²) in [5.74, 6) is 1.62. The van der Waals surface area contributed by atoms with Crippen LogP contribution in [0.2, 0.25) is 0 Å². The van der Waals surface area contributed by atoms with Crippen molar-refractivity contribution < 1.29 is 4.79 Å². The molecule has 1 atom stereocenters. The van der Waals surface area contributed by atoms with Crippen LogP contribution in [0.4, 0.5) is 11.5 Å². The number of aromatic nitrogens is 3. The normalized spacial score (nSPS) is 15.7. The van der Waals surface area contributed by atoms with Crippen LogP contribution in [0.25, 0.3) is 11.4 Å². The third kappa shape index (κ3) is 3.79. The van der Waals surface area contributed by atoms with Crippen LogP contribution < -0.4 is 10.6 Å². The zero-order valence-electron chi connectivity index (χ0n) is 15.1. The van der Waals surface area contributed by atoms with Gasteiger partial charge in [-0.25, -0.2) is 9.97 Å². The molecule has 1 aliphatic rings. The summed E-state index contributed by atoms with van der Waals surface area (Å²) in [5.41, 5.74) is 3.96. The van der Waals surface area contributed by atoms with Crippen LogP contribution in [0.3, 0.4) is 0 Å². The van der Waals surface area contributed by atoms with Crippen molar-refractivity contribution in [2.45, 2.75) is 25.7 Å². The summed E-state index contributed by atoms with van der Waals surface area (Å²) in [6, 6.07) is 13.7. The molecule has 136 valence electrons. The predicted molar refractivity (Wildman–Crippen MR) is 106 cm³/mol. The van der Waals surface area contributed by atoms with Crippen molar-refractivity contribution in [1.82, 2.24) is 15.0 Å². The lowest BCUT2D eigenvalue weighted by atomic mass is 9.90. The lowest BCUT2D eigenvalue weighted by Gasteiger charge is -2.26. The summed E-state index contributed by atoms with van der Waals surface area (Å²) < 4.78 is 0. The third-order valence-corrected chi connectivity index (χ3v) is 4.72. The average molecular weight is 359 g/mol. The van der Waals surface area contributed by atoms with Crippen LogP contribution >= 0.6 is 0 Å². The molecule has 0 spiro atoms. The summed E-state index contributed by atoms with van der Waals surface area (Å²) in [7, 11) is 0. The SMILES string of the molecule is CCc1cc(NC[C@H]2CC(=O)Nc3ccccc32)nc(-c2ccncc2)n1. The monoisotopic (exact) mass is 359 g/mol. The first-order valence-corrected chi connectivity index (χ1v) is 9.14. The fourth-order valence-electron chi connectivity index (χ4n) is 3.31. The number of hydrogen-bond donors (Lipinski definition) is 2. The van der Waals surface area contributed by atoms with Crippen molar-refractivity contribution in [3.63, 3.8) is 0 Å². The van der Waals surface area contributed by atoms with Gasteiger partial charge in [0.05, 0.1) is 0 Å². The number of nitrogens with one attached hydrogen (secondary N) is 2. The summed E-state index contributed by atoms with van der Waals surface area (Å²) >= 11 is 0. The number of amides is 1. The first kappa shape index (κ1) is 17.1. The first-order chi connectivity index (χ1) is 13.2. The number of nitrogens with zero attached hydrogens (tertiary/aromatic N) is 3. The Hall–Kier alpha value is -3.28. The molecule has 1 aromatic carbocycles. The molecule has 0 saturated carbocycles. The van der Waals surface area contributed by atoms with Gasteiger partial charge < -0.3 is 10.6 Å². The fourth-order valence-corrected chi connectivity index (χ4v) is 3.31. The van der Waals surface area contributed by atoms with E-state index in [4.69, 9.17) is 0 Å². The zero-order chi connectivity index (χ0) is 18.6. The molecule has 2 N–H and O–H groups in total. The van der Waals surface area contributed by atoms with E-state index >= 15 is 0 Å². The van der Waals surface area contributed by atoms with Gasteiger partial charge in [-0.15, -0.1) is 0 Å². The first-order valence-electron chi connectivity index (χ1n) is 9.14. The summed E-state index contributed by atoms with van der Waals surface area (Å²) in [4.78, 5) is 25.4. The smallest absolute Gasteiger partial charge is 0.225 e. The van der Waals surface area contributed by atoms with E-state index in [1.807, 2.05) is 36.4 Å². The molecule has 6 nitrogen and oxygen atoms in total. The molecule has 4 rings (SSSR count). The molecule has 0 radical (unpaired) electrons. The van der Waals surface area contributed by atoms with E-state index in [9.17, 15) is 4.79 Å². The molecular formula is C21H21N5O. The molecule has 2 aromatic heterocycles. The Morgan fingerprint density at radius 1 is 1.15 bits per heavy atom. The number of pyridine rings is 1. The Labute approximate surface area is 158 Å². The Bertz CT molecular complexity index is 958. The number of aryl methyl sites for hydroxylation is 1. The summed E-state index contributed by atoms with van der Waals surface area (Å²) in [5, 5.41) is 6.35. The number of para-hydroxylation sites is 1. The van der Waals surface area contributed by atoms with Gasteiger partial charge in [0, 0.05) is 54.3 Å². The maximum absolute atomic E-state index is 12.0. The molecule has 6 heteroatoms. The topological polar surface area (TPSA) is 79.8 Å². The van der Waals surface area contributed by atoms with Crippen molar-refractivity contribution in [2.24, 2.45) is 0 Å². The average Bonchev–Trinajstić information content (AvgIpc) is 2.72. The van der Waals surface area contributed by atoms with Crippen LogP contribution in [0.5, 0.6) is 0 Å². The Balaban J connectivity index is 1.57. The molecule has 1 aliphatic heterocycles. The van der Waals surface area contributed by atoms with E-state index in [2.05, 4.69) is 38.6 Å². The maximum Gasteiger partial charge on any atom is 0.225 e. The number of carbonyl (C=O) groups is 1. The van der Waals surface area contributed by atoms with Crippen molar-refractivity contribution in [3.05, 3.63) is 66.1 Å². The molecule has 3 aromatic rings. The highest BCUT2D eigenvalue weighted by Gasteiger charge is 2.24. The van der Waals surface area contributed by atoms with Crippen molar-refractivity contribution in [1.29, 1.82) is 0 Å². The molecule has 0 fully saturated rings. The van der Waals surface area contributed by atoms with Crippen LogP contribution in [-0.4, -0.2) is 27.4 Å². The minimum absolute atomic E-state index is 0.0508. The van der Waals surface area contributed by atoms with Crippen molar-refractivity contribution >= 4 is 17.4 Å². The second kappa shape index (κ2) is 7.53. The molecule has 0 unspecified atom stereocenters. The van der Waals surface area contributed by atoms with Gasteiger partial charge in [0.15, 0.2) is 5.82 Å². The van der Waals surface area contributed by atoms with E-state index in [0.717, 1.165) is 34.7 Å². The second-order valence-corrected chi connectivity index (χ2v) is 6.57. The minimum atomic E-state index is 0.0508. The minimum Gasteiger partial charge on any atom is -0.369 e. The third-order valence-electron chi connectivity index (χ3n) is 4.72. The quantitative estimate of drug-likeness (QED) is 0.727. The summed E-state index contributed by atoms with van der Waals surface area (Å²) in [6.07, 6.45) is 4.76. The molecule has 27 heavy (non-hydrogen) atoms. The number of hydrogen-bond acceptors (Lipinski definition) is 5. The molecule has 0 aliphatic carbocycles. The van der Waals surface area contributed by atoms with Gasteiger partial charge in [0.2, 0.25) is 5.91 Å². The zero-order valence-corrected chi connectivity index (χ0v) is 15.1. The highest BCUT2D eigenvalue weighted by Crippen LogP contribution is 2.32. The van der Waals surface area contributed by atoms with Gasteiger partial charge in [0.25, 0.3) is 0 Å². The lowest BCUT2D eigenvalue weighted by Crippen LogP contribution is -2.27. The second-order valence-electron chi connectivity index (χ2n) is 6.57. The number of anilines is 2. The van der Waals surface area contributed by atoms with Gasteiger partial charge in [-0.2, -0.15) is 0 Å².